The van der Waals surface area contributed by atoms with Crippen LogP contribution in [0.1, 0.15) is 25.3 Å². The first-order chi connectivity index (χ1) is 9.13. The molecule has 3 N–H and O–H groups in total. The summed E-state index contributed by atoms with van der Waals surface area (Å²) in [6.45, 7) is 2.09. The number of hydrogen-bond acceptors (Lipinski definition) is 4. The van der Waals surface area contributed by atoms with Gasteiger partial charge >= 0.3 is 0 Å². The summed E-state index contributed by atoms with van der Waals surface area (Å²) in [6, 6.07) is 5.75. The Bertz CT molecular complexity index is 458. The summed E-state index contributed by atoms with van der Waals surface area (Å²) in [5, 5.41) is 2.91. The van der Waals surface area contributed by atoms with E-state index in [0.29, 0.717) is 24.1 Å². The minimum absolute atomic E-state index is 0.0895. The van der Waals surface area contributed by atoms with Crippen molar-refractivity contribution in [3.8, 4) is 11.5 Å². The van der Waals surface area contributed by atoms with Crippen molar-refractivity contribution in [2.75, 3.05) is 7.11 Å². The zero-order chi connectivity index (χ0) is 13.8. The van der Waals surface area contributed by atoms with Crippen LogP contribution in [0.25, 0.3) is 0 Å². The van der Waals surface area contributed by atoms with Gasteiger partial charge in [-0.15, -0.1) is 0 Å². The van der Waals surface area contributed by atoms with Crippen LogP contribution in [-0.2, 0) is 11.3 Å². The van der Waals surface area contributed by atoms with Crippen LogP contribution < -0.4 is 20.5 Å². The molecule has 0 saturated heterocycles. The van der Waals surface area contributed by atoms with Gasteiger partial charge in [0, 0.05) is 24.2 Å². The van der Waals surface area contributed by atoms with Crippen LogP contribution in [0.15, 0.2) is 18.2 Å². The van der Waals surface area contributed by atoms with Crippen LogP contribution in [0, 0.1) is 0 Å². The topological polar surface area (TPSA) is 73.6 Å². The molecule has 5 nitrogen and oxygen atoms in total. The first-order valence-electron chi connectivity index (χ1n) is 6.48. The van der Waals surface area contributed by atoms with E-state index in [4.69, 9.17) is 15.2 Å². The molecule has 0 bridgehead atoms. The van der Waals surface area contributed by atoms with Crippen molar-refractivity contribution in [2.24, 2.45) is 5.73 Å². The average Bonchev–Trinajstić information content (AvgIpc) is 3.22. The Morgan fingerprint density at radius 2 is 2.26 bits per heavy atom. The maximum Gasteiger partial charge on any atom is 0.260 e. The smallest absolute Gasteiger partial charge is 0.260 e. The largest absolute Gasteiger partial charge is 0.497 e. The number of hydrogen-bond donors (Lipinski definition) is 2. The molecule has 0 spiro atoms. The Labute approximate surface area is 113 Å². The van der Waals surface area contributed by atoms with Gasteiger partial charge in [0.15, 0.2) is 6.10 Å². The second-order valence-electron chi connectivity index (χ2n) is 4.72. The molecule has 1 unspecified atom stereocenters. The third kappa shape index (κ3) is 3.61. The summed E-state index contributed by atoms with van der Waals surface area (Å²) >= 11 is 0. The fourth-order valence-electron chi connectivity index (χ4n) is 1.73. The number of methoxy groups -OCH3 is 1. The van der Waals surface area contributed by atoms with Crippen molar-refractivity contribution in [2.45, 2.75) is 38.5 Å². The lowest BCUT2D eigenvalue weighted by molar-refractivity contribution is -0.127. The number of carbonyl (C=O) groups is 1. The van der Waals surface area contributed by atoms with Crippen LogP contribution in [0.4, 0.5) is 0 Å². The molecule has 1 aliphatic rings. The lowest BCUT2D eigenvalue weighted by atomic mass is 10.2. The van der Waals surface area contributed by atoms with E-state index >= 15 is 0 Å². The Balaban J connectivity index is 2.05. The molecule has 0 aromatic heterocycles. The van der Waals surface area contributed by atoms with Gasteiger partial charge in [-0.3, -0.25) is 4.79 Å². The molecule has 1 amide bonds. The summed E-state index contributed by atoms with van der Waals surface area (Å²) in [5.41, 5.74) is 6.52. The molecule has 1 atom stereocenters. The predicted octanol–water partition coefficient (Wildman–Crippen LogP) is 1.20. The molecule has 1 fully saturated rings. The van der Waals surface area contributed by atoms with Crippen LogP contribution in [-0.4, -0.2) is 25.2 Å². The molecule has 1 aromatic rings. The molecule has 0 heterocycles. The van der Waals surface area contributed by atoms with E-state index in [2.05, 4.69) is 5.32 Å². The van der Waals surface area contributed by atoms with Crippen molar-refractivity contribution >= 4 is 5.91 Å². The number of benzene rings is 1. The van der Waals surface area contributed by atoms with E-state index in [0.717, 1.165) is 18.4 Å². The van der Waals surface area contributed by atoms with Crippen LogP contribution in [0.5, 0.6) is 11.5 Å². The molecule has 1 aliphatic carbocycles. The first kappa shape index (κ1) is 13.7. The maximum absolute atomic E-state index is 11.9. The molecular weight excluding hydrogens is 244 g/mol. The second-order valence-corrected chi connectivity index (χ2v) is 4.72. The van der Waals surface area contributed by atoms with Crippen molar-refractivity contribution in [3.63, 3.8) is 0 Å². The van der Waals surface area contributed by atoms with Crippen LogP contribution >= 0.6 is 0 Å². The molecule has 0 radical (unpaired) electrons. The quantitative estimate of drug-likeness (QED) is 0.809. The highest BCUT2D eigenvalue weighted by molar-refractivity contribution is 5.81. The average molecular weight is 264 g/mol. The zero-order valence-corrected chi connectivity index (χ0v) is 11.3. The number of amides is 1. The third-order valence-corrected chi connectivity index (χ3v) is 3.09. The van der Waals surface area contributed by atoms with Gasteiger partial charge < -0.3 is 20.5 Å². The minimum atomic E-state index is -0.544. The van der Waals surface area contributed by atoms with Gasteiger partial charge in [0.25, 0.3) is 5.91 Å². The van der Waals surface area contributed by atoms with Gasteiger partial charge in [0.1, 0.15) is 11.5 Å². The highest BCUT2D eigenvalue weighted by atomic mass is 16.5. The fraction of sp³-hybridized carbons (Fsp3) is 0.500. The van der Waals surface area contributed by atoms with Crippen LogP contribution in [0.3, 0.4) is 0 Å². The number of carbonyl (C=O) groups excluding carboxylic acids is 1. The minimum Gasteiger partial charge on any atom is -0.497 e. The number of nitrogens with one attached hydrogen (secondary N) is 1. The Morgan fingerprint density at radius 1 is 1.53 bits per heavy atom. The van der Waals surface area contributed by atoms with Crippen molar-refractivity contribution in [1.82, 2.24) is 5.32 Å². The van der Waals surface area contributed by atoms with Gasteiger partial charge in [-0.05, 0) is 25.8 Å². The van der Waals surface area contributed by atoms with E-state index in [1.807, 2.05) is 12.1 Å². The third-order valence-electron chi connectivity index (χ3n) is 3.09. The van der Waals surface area contributed by atoms with E-state index < -0.39 is 6.10 Å². The lowest BCUT2D eigenvalue weighted by Crippen LogP contribution is -2.37. The van der Waals surface area contributed by atoms with E-state index in [1.165, 1.54) is 0 Å². The fourth-order valence-corrected chi connectivity index (χ4v) is 1.73. The van der Waals surface area contributed by atoms with Gasteiger partial charge in [-0.25, -0.2) is 0 Å². The molecule has 5 heteroatoms. The Hall–Kier alpha value is -1.75. The molecule has 19 heavy (non-hydrogen) atoms. The summed E-state index contributed by atoms with van der Waals surface area (Å²) in [4.78, 5) is 11.9. The van der Waals surface area contributed by atoms with Gasteiger partial charge in [0.05, 0.1) is 7.11 Å². The predicted molar refractivity (Wildman–Crippen MR) is 72.1 cm³/mol. The van der Waals surface area contributed by atoms with Gasteiger partial charge in [-0.1, -0.05) is 6.07 Å². The number of rotatable bonds is 6. The molecule has 1 saturated carbocycles. The molecule has 104 valence electrons. The maximum atomic E-state index is 11.9. The summed E-state index contributed by atoms with van der Waals surface area (Å²) in [7, 11) is 1.59. The number of nitrogens with two attached hydrogens (primary N) is 1. The van der Waals surface area contributed by atoms with Gasteiger partial charge in [-0.2, -0.15) is 0 Å². The molecule has 1 aromatic carbocycles. The van der Waals surface area contributed by atoms with Gasteiger partial charge in [0.2, 0.25) is 0 Å². The van der Waals surface area contributed by atoms with E-state index in [1.54, 1.807) is 20.1 Å². The normalized spacial score (nSPS) is 15.7. The molecular formula is C14H20N2O3. The highest BCUT2D eigenvalue weighted by Gasteiger charge is 2.26. The van der Waals surface area contributed by atoms with Crippen molar-refractivity contribution < 1.29 is 14.3 Å². The lowest BCUT2D eigenvalue weighted by Gasteiger charge is -2.17. The second kappa shape index (κ2) is 5.93. The number of ether oxygens (including phenoxy) is 2. The zero-order valence-electron chi connectivity index (χ0n) is 11.3. The van der Waals surface area contributed by atoms with Crippen molar-refractivity contribution in [1.29, 1.82) is 0 Å². The van der Waals surface area contributed by atoms with Crippen LogP contribution in [0.2, 0.25) is 0 Å². The molecule has 0 aliphatic heterocycles. The van der Waals surface area contributed by atoms with Crippen molar-refractivity contribution in [3.05, 3.63) is 23.8 Å². The van der Waals surface area contributed by atoms with E-state index in [9.17, 15) is 4.79 Å². The monoisotopic (exact) mass is 264 g/mol. The SMILES string of the molecule is COc1ccc(CN)c(OC(C)C(=O)NC2CC2)c1. The van der Waals surface area contributed by atoms with E-state index in [-0.39, 0.29) is 5.91 Å². The summed E-state index contributed by atoms with van der Waals surface area (Å²) < 4.78 is 10.8. The standard InChI is InChI=1S/C14H20N2O3/c1-9(14(17)16-11-4-5-11)19-13-7-12(18-2)6-3-10(13)8-15/h3,6-7,9,11H,4-5,8,15H2,1-2H3,(H,16,17). The Morgan fingerprint density at radius 3 is 2.84 bits per heavy atom. The highest BCUT2D eigenvalue weighted by Crippen LogP contribution is 2.26. The summed E-state index contributed by atoms with van der Waals surface area (Å²) in [6.07, 6.45) is 1.58. The first-order valence-corrected chi connectivity index (χ1v) is 6.48. The molecule has 2 rings (SSSR count). The summed E-state index contributed by atoms with van der Waals surface area (Å²) in [5.74, 6) is 1.19. The Kier molecular flexibility index (Phi) is 4.27.